The van der Waals surface area contributed by atoms with Crippen LogP contribution in [0.15, 0.2) is 36.3 Å². The van der Waals surface area contributed by atoms with Gasteiger partial charge in [0, 0.05) is 12.2 Å². The second kappa shape index (κ2) is 5.71. The van der Waals surface area contributed by atoms with E-state index in [4.69, 9.17) is 0 Å². The third-order valence-corrected chi connectivity index (χ3v) is 1.14. The summed E-state index contributed by atoms with van der Waals surface area (Å²) in [5.74, 6) is -0.317. The molecule has 1 N–H and O–H groups in total. The molecule has 0 fully saturated rings. The Bertz CT molecular complexity index is 180. The largest absolute Gasteiger partial charge is 0.389 e. The molecule has 2 heteroatoms. The molecule has 0 aromatic carbocycles. The molecule has 0 aromatic rings. The summed E-state index contributed by atoms with van der Waals surface area (Å²) < 4.78 is 12.4. The Morgan fingerprint density at radius 2 is 2.18 bits per heavy atom. The van der Waals surface area contributed by atoms with Crippen LogP contribution in [0.3, 0.4) is 0 Å². The number of rotatable bonds is 4. The molecule has 0 atom stereocenters. The van der Waals surface area contributed by atoms with Gasteiger partial charge in [0.1, 0.15) is 5.83 Å². The minimum absolute atomic E-state index is 0.317. The van der Waals surface area contributed by atoms with Crippen molar-refractivity contribution in [2.45, 2.75) is 13.8 Å². The third-order valence-electron chi connectivity index (χ3n) is 1.14. The standard InChI is InChI=1S/C9H14FN/c1-4-9(10)7-6-8(3)11-5-2/h4,6-7,11H,1,5H2,2-3H3/b8-6+,9-7+. The summed E-state index contributed by atoms with van der Waals surface area (Å²) in [5.41, 5.74) is 0.949. The molecular formula is C9H14FN. The monoisotopic (exact) mass is 155 g/mol. The van der Waals surface area contributed by atoms with E-state index in [0.717, 1.165) is 12.2 Å². The highest BCUT2D eigenvalue weighted by molar-refractivity contribution is 5.18. The summed E-state index contributed by atoms with van der Waals surface area (Å²) in [6.07, 6.45) is 4.24. The van der Waals surface area contributed by atoms with Gasteiger partial charge in [0.05, 0.1) is 0 Å². The van der Waals surface area contributed by atoms with Gasteiger partial charge >= 0.3 is 0 Å². The van der Waals surface area contributed by atoms with Gasteiger partial charge in [-0.15, -0.1) is 0 Å². The fourth-order valence-electron chi connectivity index (χ4n) is 0.610. The number of hydrogen-bond donors (Lipinski definition) is 1. The Morgan fingerprint density at radius 3 is 2.64 bits per heavy atom. The highest BCUT2D eigenvalue weighted by atomic mass is 19.1. The maximum atomic E-state index is 12.4. The number of nitrogens with one attached hydrogen (secondary N) is 1. The van der Waals surface area contributed by atoms with Gasteiger partial charge in [-0.2, -0.15) is 0 Å². The van der Waals surface area contributed by atoms with Crippen LogP contribution in [-0.2, 0) is 0 Å². The summed E-state index contributed by atoms with van der Waals surface area (Å²) in [6.45, 7) is 8.02. The fraction of sp³-hybridized carbons (Fsp3) is 0.333. The van der Waals surface area contributed by atoms with Crippen LogP contribution in [0.5, 0.6) is 0 Å². The third kappa shape index (κ3) is 5.40. The van der Waals surface area contributed by atoms with Crippen LogP contribution in [0, 0.1) is 0 Å². The van der Waals surface area contributed by atoms with Crippen molar-refractivity contribution >= 4 is 0 Å². The molecule has 0 rings (SSSR count). The van der Waals surface area contributed by atoms with Crippen molar-refractivity contribution in [1.29, 1.82) is 0 Å². The van der Waals surface area contributed by atoms with Crippen LogP contribution in [0.25, 0.3) is 0 Å². The molecule has 0 aliphatic rings. The lowest BCUT2D eigenvalue weighted by atomic mass is 10.3. The summed E-state index contributed by atoms with van der Waals surface area (Å²) in [4.78, 5) is 0. The zero-order valence-electron chi connectivity index (χ0n) is 7.02. The topological polar surface area (TPSA) is 12.0 Å². The van der Waals surface area contributed by atoms with Crippen molar-refractivity contribution in [2.24, 2.45) is 0 Å². The first-order valence-electron chi connectivity index (χ1n) is 3.61. The van der Waals surface area contributed by atoms with Crippen LogP contribution in [0.2, 0.25) is 0 Å². The van der Waals surface area contributed by atoms with Crippen molar-refractivity contribution < 1.29 is 4.39 Å². The van der Waals surface area contributed by atoms with Gasteiger partial charge in [0.15, 0.2) is 0 Å². The molecule has 1 nitrogen and oxygen atoms in total. The predicted molar refractivity (Wildman–Crippen MR) is 46.8 cm³/mol. The van der Waals surface area contributed by atoms with Crippen molar-refractivity contribution in [3.63, 3.8) is 0 Å². The average Bonchev–Trinajstić information content (AvgIpc) is 2.01. The lowest BCUT2D eigenvalue weighted by Gasteiger charge is -1.99. The van der Waals surface area contributed by atoms with Crippen LogP contribution in [0.1, 0.15) is 13.8 Å². The van der Waals surface area contributed by atoms with Gasteiger partial charge in [-0.3, -0.25) is 0 Å². The molecule has 11 heavy (non-hydrogen) atoms. The van der Waals surface area contributed by atoms with E-state index in [9.17, 15) is 4.39 Å². The van der Waals surface area contributed by atoms with E-state index < -0.39 is 0 Å². The zero-order chi connectivity index (χ0) is 8.69. The Morgan fingerprint density at radius 1 is 1.55 bits per heavy atom. The lowest BCUT2D eigenvalue weighted by molar-refractivity contribution is 0.667. The summed E-state index contributed by atoms with van der Waals surface area (Å²) in [7, 11) is 0. The Kier molecular flexibility index (Phi) is 5.17. The number of halogens is 1. The second-order valence-corrected chi connectivity index (χ2v) is 2.14. The maximum absolute atomic E-state index is 12.4. The van der Waals surface area contributed by atoms with Gasteiger partial charge in [-0.25, -0.2) is 4.39 Å². The molecule has 0 radical (unpaired) electrons. The second-order valence-electron chi connectivity index (χ2n) is 2.14. The van der Waals surface area contributed by atoms with E-state index in [1.54, 1.807) is 6.08 Å². The average molecular weight is 155 g/mol. The highest BCUT2D eigenvalue weighted by Gasteiger charge is 1.83. The zero-order valence-corrected chi connectivity index (χ0v) is 7.02. The van der Waals surface area contributed by atoms with Crippen LogP contribution in [-0.4, -0.2) is 6.54 Å². The van der Waals surface area contributed by atoms with Gasteiger partial charge in [0.2, 0.25) is 0 Å². The van der Waals surface area contributed by atoms with Crippen LogP contribution >= 0.6 is 0 Å². The molecule has 0 amide bonds. The number of allylic oxidation sites excluding steroid dienone is 5. The SMILES string of the molecule is C=C/C(F)=C\C=C(/C)NCC. The van der Waals surface area contributed by atoms with Gasteiger partial charge in [0.25, 0.3) is 0 Å². The first-order chi connectivity index (χ1) is 5.20. The molecule has 0 bridgehead atoms. The number of hydrogen-bond acceptors (Lipinski definition) is 1. The van der Waals surface area contributed by atoms with Gasteiger partial charge in [-0.05, 0) is 32.1 Å². The Labute approximate surface area is 67.3 Å². The maximum Gasteiger partial charge on any atom is 0.122 e. The van der Waals surface area contributed by atoms with E-state index in [-0.39, 0.29) is 5.83 Å². The molecule has 62 valence electrons. The normalized spacial score (nSPS) is 13.0. The van der Waals surface area contributed by atoms with Gasteiger partial charge < -0.3 is 5.32 Å². The molecule has 0 aliphatic carbocycles. The summed E-state index contributed by atoms with van der Waals surface area (Å²) in [6, 6.07) is 0. The van der Waals surface area contributed by atoms with E-state index in [2.05, 4.69) is 11.9 Å². The lowest BCUT2D eigenvalue weighted by Crippen LogP contribution is -2.08. The molecule has 0 heterocycles. The Hall–Kier alpha value is -1.05. The quantitative estimate of drug-likeness (QED) is 0.615. The molecular weight excluding hydrogens is 141 g/mol. The molecule has 0 aromatic heterocycles. The molecule has 0 saturated heterocycles. The minimum Gasteiger partial charge on any atom is -0.389 e. The van der Waals surface area contributed by atoms with Gasteiger partial charge in [-0.1, -0.05) is 6.58 Å². The predicted octanol–water partition coefficient (Wildman–Crippen LogP) is 2.54. The van der Waals surface area contributed by atoms with Crippen molar-refractivity contribution in [2.75, 3.05) is 6.54 Å². The van der Waals surface area contributed by atoms with E-state index in [1.165, 1.54) is 12.2 Å². The smallest absolute Gasteiger partial charge is 0.122 e. The first-order valence-corrected chi connectivity index (χ1v) is 3.61. The Balaban J connectivity index is 3.99. The van der Waals surface area contributed by atoms with Crippen LogP contribution in [0.4, 0.5) is 4.39 Å². The first kappa shape index (κ1) is 9.95. The molecule has 0 saturated carbocycles. The van der Waals surface area contributed by atoms with Crippen molar-refractivity contribution in [3.8, 4) is 0 Å². The van der Waals surface area contributed by atoms with Crippen molar-refractivity contribution in [3.05, 3.63) is 36.3 Å². The molecule has 0 unspecified atom stereocenters. The van der Waals surface area contributed by atoms with Crippen molar-refractivity contribution in [1.82, 2.24) is 5.32 Å². The van der Waals surface area contributed by atoms with E-state index in [1.807, 2.05) is 13.8 Å². The van der Waals surface area contributed by atoms with E-state index in [0.29, 0.717) is 0 Å². The minimum atomic E-state index is -0.317. The fourth-order valence-corrected chi connectivity index (χ4v) is 0.610. The van der Waals surface area contributed by atoms with Crippen LogP contribution < -0.4 is 5.32 Å². The molecule has 0 aliphatic heterocycles. The highest BCUT2D eigenvalue weighted by Crippen LogP contribution is 1.97. The summed E-state index contributed by atoms with van der Waals surface area (Å²) >= 11 is 0. The molecule has 0 spiro atoms. The summed E-state index contributed by atoms with van der Waals surface area (Å²) in [5, 5.41) is 3.04. The van der Waals surface area contributed by atoms with E-state index >= 15 is 0 Å².